The summed E-state index contributed by atoms with van der Waals surface area (Å²) >= 11 is 3.90. The van der Waals surface area contributed by atoms with E-state index in [1.165, 1.54) is 35.1 Å². The third kappa shape index (κ3) is 4.11. The van der Waals surface area contributed by atoms with E-state index in [9.17, 15) is 19.5 Å². The number of thiazole rings is 2. The molecule has 11 nitrogen and oxygen atoms in total. The molecule has 2 aliphatic heterocycles. The summed E-state index contributed by atoms with van der Waals surface area (Å²) in [5, 5.41) is 17.3. The molecule has 14 heteroatoms. The summed E-state index contributed by atoms with van der Waals surface area (Å²) in [5.41, 5.74) is 7.79. The Morgan fingerprint density at radius 1 is 1.41 bits per heavy atom. The first-order valence-electron chi connectivity index (χ1n) is 9.01. The lowest BCUT2D eigenvalue weighted by atomic mass is 10.0. The molecule has 0 bridgehead atoms. The van der Waals surface area contributed by atoms with Crippen LogP contribution in [0.25, 0.3) is 6.08 Å². The Hall–Kier alpha value is -3.23. The van der Waals surface area contributed by atoms with E-state index < -0.39 is 29.2 Å². The van der Waals surface area contributed by atoms with Crippen LogP contribution < -0.4 is 11.1 Å². The number of nitrogens with one attached hydrogen (secondary N) is 1. The van der Waals surface area contributed by atoms with Crippen molar-refractivity contribution in [3.63, 3.8) is 0 Å². The summed E-state index contributed by atoms with van der Waals surface area (Å²) < 4.78 is 0. The minimum atomic E-state index is -1.21. The van der Waals surface area contributed by atoms with E-state index in [1.54, 1.807) is 29.2 Å². The number of aromatic nitrogens is 2. The average molecular weight is 493 g/mol. The number of carbonyl (C=O) groups is 3. The Balaban J connectivity index is 1.53. The van der Waals surface area contributed by atoms with Gasteiger partial charge >= 0.3 is 5.97 Å². The Morgan fingerprint density at radius 3 is 2.84 bits per heavy atom. The van der Waals surface area contributed by atoms with Crippen LogP contribution in [0.4, 0.5) is 5.13 Å². The van der Waals surface area contributed by atoms with Crippen molar-refractivity contribution >= 4 is 69.1 Å². The van der Waals surface area contributed by atoms with E-state index in [0.717, 1.165) is 16.2 Å². The summed E-state index contributed by atoms with van der Waals surface area (Å²) in [6, 6.07) is -0.910. The average Bonchev–Trinajstić information content (AvgIpc) is 3.45. The smallest absolute Gasteiger partial charge is 0.352 e. The number of hydrogen-bond acceptors (Lipinski definition) is 11. The minimum Gasteiger partial charge on any atom is -0.477 e. The van der Waals surface area contributed by atoms with Gasteiger partial charge in [-0.05, 0) is 11.6 Å². The number of thioether (sulfide) groups is 1. The van der Waals surface area contributed by atoms with Crippen LogP contribution in [-0.2, 0) is 19.2 Å². The number of amides is 2. The van der Waals surface area contributed by atoms with Gasteiger partial charge in [0.1, 0.15) is 29.9 Å². The highest BCUT2D eigenvalue weighted by atomic mass is 32.2. The molecule has 166 valence electrons. The Morgan fingerprint density at radius 2 is 2.22 bits per heavy atom. The quantitative estimate of drug-likeness (QED) is 0.291. The van der Waals surface area contributed by atoms with Gasteiger partial charge in [-0.2, -0.15) is 0 Å². The Kier molecular flexibility index (Phi) is 6.25. The molecule has 2 amide bonds. The Labute approximate surface area is 193 Å². The van der Waals surface area contributed by atoms with Gasteiger partial charge in [0, 0.05) is 22.2 Å². The van der Waals surface area contributed by atoms with Crippen molar-refractivity contribution in [1.29, 1.82) is 0 Å². The molecule has 4 heterocycles. The SMILES string of the molecule is CON=C(C(=O)NC1C(=O)N2C(C(=O)O)=C(C=Cc3cncs3)CS[C@H]12)c1csc(N)n1. The number of aliphatic carboxylic acids is 1. The largest absolute Gasteiger partial charge is 0.477 e. The van der Waals surface area contributed by atoms with Gasteiger partial charge in [0.25, 0.3) is 11.8 Å². The number of carboxylic acids is 1. The van der Waals surface area contributed by atoms with Crippen molar-refractivity contribution in [2.45, 2.75) is 11.4 Å². The van der Waals surface area contributed by atoms with E-state index in [-0.39, 0.29) is 22.2 Å². The van der Waals surface area contributed by atoms with Gasteiger partial charge in [0.05, 0.1) is 5.51 Å². The molecular formula is C18H16N6O5S3. The zero-order chi connectivity index (χ0) is 22.8. The number of nitrogens with two attached hydrogens (primary N) is 1. The van der Waals surface area contributed by atoms with Crippen molar-refractivity contribution in [2.24, 2.45) is 5.16 Å². The third-order valence-electron chi connectivity index (χ3n) is 4.55. The predicted molar refractivity (Wildman–Crippen MR) is 121 cm³/mol. The van der Waals surface area contributed by atoms with Crippen LogP contribution in [0, 0.1) is 0 Å². The van der Waals surface area contributed by atoms with Crippen LogP contribution in [0.5, 0.6) is 0 Å². The van der Waals surface area contributed by atoms with Gasteiger partial charge in [0.15, 0.2) is 10.8 Å². The summed E-state index contributed by atoms with van der Waals surface area (Å²) in [4.78, 5) is 52.3. The monoisotopic (exact) mass is 492 g/mol. The summed E-state index contributed by atoms with van der Waals surface area (Å²) in [6.07, 6.45) is 5.10. The fourth-order valence-corrected chi connectivity index (χ4v) is 5.54. The first kappa shape index (κ1) is 22.0. The maximum atomic E-state index is 12.8. The number of fused-ring (bicyclic) bond motifs is 1. The standard InChI is InChI=1S/C18H16N6O5S3/c1-29-23-11(10-6-31-18(19)21-10)14(25)22-12-15(26)24-13(17(27)28)8(5-30-16(12)24)2-3-9-4-20-7-32-9/h2-4,6-7,12,16H,5H2,1H3,(H2,19,21)(H,22,25)(H,27,28)/t12?,16-/m1/s1. The molecule has 4 rings (SSSR count). The van der Waals surface area contributed by atoms with E-state index in [0.29, 0.717) is 11.3 Å². The molecule has 0 radical (unpaired) electrons. The van der Waals surface area contributed by atoms with E-state index in [2.05, 4.69) is 20.4 Å². The van der Waals surface area contributed by atoms with E-state index in [1.807, 2.05) is 0 Å². The molecular weight excluding hydrogens is 476 g/mol. The molecule has 1 fully saturated rings. The van der Waals surface area contributed by atoms with Gasteiger partial charge in [-0.1, -0.05) is 11.2 Å². The Bertz CT molecular complexity index is 1160. The molecule has 2 aromatic heterocycles. The number of carbonyl (C=O) groups excluding carboxylic acids is 2. The first-order chi connectivity index (χ1) is 15.4. The number of oxime groups is 1. The molecule has 0 aliphatic carbocycles. The topological polar surface area (TPSA) is 160 Å². The number of nitrogens with zero attached hydrogens (tertiary/aromatic N) is 4. The van der Waals surface area contributed by atoms with Crippen molar-refractivity contribution in [3.05, 3.63) is 45.0 Å². The summed E-state index contributed by atoms with van der Waals surface area (Å²) in [6.45, 7) is 0. The fourth-order valence-electron chi connectivity index (χ4n) is 3.16. The van der Waals surface area contributed by atoms with Gasteiger partial charge in [-0.15, -0.1) is 34.4 Å². The summed E-state index contributed by atoms with van der Waals surface area (Å²) in [5.74, 6) is -2.05. The highest BCUT2D eigenvalue weighted by molar-refractivity contribution is 8.00. The lowest BCUT2D eigenvalue weighted by Crippen LogP contribution is -2.71. The van der Waals surface area contributed by atoms with Gasteiger partial charge in [0.2, 0.25) is 0 Å². The van der Waals surface area contributed by atoms with Gasteiger partial charge in [-0.3, -0.25) is 19.5 Å². The number of carboxylic acid groups (broad SMARTS) is 1. The molecule has 0 aromatic carbocycles. The lowest BCUT2D eigenvalue weighted by molar-refractivity contribution is -0.150. The normalized spacial score (nSPS) is 20.8. The molecule has 32 heavy (non-hydrogen) atoms. The molecule has 0 spiro atoms. The van der Waals surface area contributed by atoms with Crippen molar-refractivity contribution in [2.75, 3.05) is 18.6 Å². The van der Waals surface area contributed by atoms with Crippen LogP contribution in [0.15, 0.2) is 39.6 Å². The minimum absolute atomic E-state index is 0.0944. The van der Waals surface area contributed by atoms with Crippen LogP contribution >= 0.6 is 34.4 Å². The van der Waals surface area contributed by atoms with Crippen molar-refractivity contribution in [3.8, 4) is 0 Å². The molecule has 2 aromatic rings. The number of hydrogen-bond donors (Lipinski definition) is 3. The zero-order valence-electron chi connectivity index (χ0n) is 16.4. The molecule has 1 unspecified atom stereocenters. The second kappa shape index (κ2) is 9.10. The predicted octanol–water partition coefficient (Wildman–Crippen LogP) is 0.984. The fraction of sp³-hybridized carbons (Fsp3) is 0.222. The summed E-state index contributed by atoms with van der Waals surface area (Å²) in [7, 11) is 1.28. The van der Waals surface area contributed by atoms with E-state index in [4.69, 9.17) is 10.6 Å². The second-order valence-corrected chi connectivity index (χ2v) is 9.38. The van der Waals surface area contributed by atoms with Crippen LogP contribution in [0.1, 0.15) is 10.6 Å². The highest BCUT2D eigenvalue weighted by Crippen LogP contribution is 2.40. The third-order valence-corrected chi connectivity index (χ3v) is 7.27. The zero-order valence-corrected chi connectivity index (χ0v) is 18.9. The highest BCUT2D eigenvalue weighted by Gasteiger charge is 2.54. The first-order valence-corrected chi connectivity index (χ1v) is 11.8. The molecule has 1 saturated heterocycles. The van der Waals surface area contributed by atoms with Gasteiger partial charge < -0.3 is 21.0 Å². The number of nitrogen functional groups attached to an aromatic ring is 1. The maximum absolute atomic E-state index is 12.8. The van der Waals surface area contributed by atoms with Crippen LogP contribution in [-0.4, -0.2) is 67.7 Å². The van der Waals surface area contributed by atoms with Crippen molar-refractivity contribution in [1.82, 2.24) is 20.2 Å². The second-order valence-electron chi connectivity index (χ2n) is 6.47. The molecule has 2 aliphatic rings. The molecule has 2 atom stereocenters. The van der Waals surface area contributed by atoms with E-state index >= 15 is 0 Å². The van der Waals surface area contributed by atoms with Gasteiger partial charge in [-0.25, -0.2) is 9.78 Å². The molecule has 4 N–H and O–H groups in total. The molecule has 0 saturated carbocycles. The number of anilines is 1. The maximum Gasteiger partial charge on any atom is 0.352 e. The van der Waals surface area contributed by atoms with Crippen LogP contribution in [0.3, 0.4) is 0 Å². The van der Waals surface area contributed by atoms with Crippen molar-refractivity contribution < 1.29 is 24.3 Å². The number of allylic oxidation sites excluding steroid dienone is 1. The number of β-lactam (4-membered cyclic amide) rings is 1. The van der Waals surface area contributed by atoms with Crippen LogP contribution in [0.2, 0.25) is 0 Å². The lowest BCUT2D eigenvalue weighted by Gasteiger charge is -2.49. The number of rotatable bonds is 7.